The molecule has 0 aliphatic rings. The number of phosphoric ester groups is 1. The summed E-state index contributed by atoms with van der Waals surface area (Å²) >= 11 is 0. The summed E-state index contributed by atoms with van der Waals surface area (Å²) in [5, 5.41) is 0. The molecule has 0 saturated carbocycles. The Morgan fingerprint density at radius 3 is 0.800 bits per heavy atom. The van der Waals surface area contributed by atoms with Crippen LogP contribution >= 0.6 is 7.82 Å². The Balaban J connectivity index is 3.82. The minimum atomic E-state index is -3.95. The van der Waals surface area contributed by atoms with E-state index in [2.05, 4.69) is 69.2 Å². The monoisotopic (exact) mass is 659 g/mol. The van der Waals surface area contributed by atoms with Gasteiger partial charge in [-0.1, -0.05) is 185 Å². The van der Waals surface area contributed by atoms with Crippen LogP contribution in [0.25, 0.3) is 0 Å². The van der Waals surface area contributed by atoms with Gasteiger partial charge >= 0.3 is 7.82 Å². The second-order valence-electron chi connectivity index (χ2n) is 16.7. The van der Waals surface area contributed by atoms with Crippen molar-refractivity contribution >= 4 is 7.82 Å². The lowest BCUT2D eigenvalue weighted by Gasteiger charge is -2.18. The van der Waals surface area contributed by atoms with E-state index in [0.717, 1.165) is 61.2 Å². The summed E-state index contributed by atoms with van der Waals surface area (Å²) < 4.78 is 23.0. The fraction of sp³-hybridized carbons (Fsp3) is 1.00. The molecule has 4 nitrogen and oxygen atoms in total. The first-order chi connectivity index (χ1) is 21.2. The van der Waals surface area contributed by atoms with E-state index in [9.17, 15) is 9.46 Å². The number of hydrogen-bond donors (Lipinski definition) is 1. The van der Waals surface area contributed by atoms with Crippen molar-refractivity contribution in [2.45, 2.75) is 198 Å². The third-order valence-corrected chi connectivity index (χ3v) is 11.3. The van der Waals surface area contributed by atoms with E-state index in [4.69, 9.17) is 9.05 Å². The predicted molar refractivity (Wildman–Crippen MR) is 199 cm³/mol. The Bertz CT molecular complexity index is 642. The largest absolute Gasteiger partial charge is 0.472 e. The van der Waals surface area contributed by atoms with Crippen LogP contribution in [-0.2, 0) is 13.6 Å². The molecule has 0 amide bonds. The molecule has 0 aromatic heterocycles. The third-order valence-electron chi connectivity index (χ3n) is 10.3. The molecule has 0 aromatic carbocycles. The molecular formula is C40H83O4P. The van der Waals surface area contributed by atoms with E-state index >= 15 is 0 Å². The van der Waals surface area contributed by atoms with E-state index in [-0.39, 0.29) is 0 Å². The standard InChI is InChI=1S/C40H83O4P/c1-33(2)17-11-19-35(5)21-13-23-37(7)25-15-27-39(9)29-31-43-45(41,42)44-32-30-40(10)28-16-26-38(8)24-14-22-36(6)20-12-18-34(3)4/h33-40H,11-32H2,1-10H3,(H,41,42)/t35-,36-,37-,38-,39-,40-/m1/s1. The van der Waals surface area contributed by atoms with Crippen LogP contribution in [-0.4, -0.2) is 18.1 Å². The van der Waals surface area contributed by atoms with Crippen LogP contribution in [0.5, 0.6) is 0 Å². The van der Waals surface area contributed by atoms with Crippen molar-refractivity contribution in [2.75, 3.05) is 13.2 Å². The summed E-state index contributed by atoms with van der Waals surface area (Å²) in [6.45, 7) is 24.0. The summed E-state index contributed by atoms with van der Waals surface area (Å²) in [4.78, 5) is 10.1. The van der Waals surface area contributed by atoms with Crippen LogP contribution in [0, 0.1) is 47.3 Å². The van der Waals surface area contributed by atoms with E-state index in [1.807, 2.05) is 0 Å². The molecule has 0 unspecified atom stereocenters. The van der Waals surface area contributed by atoms with Gasteiger partial charge in [-0.2, -0.15) is 0 Å². The van der Waals surface area contributed by atoms with Crippen molar-refractivity contribution in [3.8, 4) is 0 Å². The van der Waals surface area contributed by atoms with Gasteiger partial charge in [0.2, 0.25) is 0 Å². The highest BCUT2D eigenvalue weighted by atomic mass is 31.2. The van der Waals surface area contributed by atoms with E-state index in [1.165, 1.54) is 103 Å². The average Bonchev–Trinajstić information content (AvgIpc) is 2.92. The highest BCUT2D eigenvalue weighted by Gasteiger charge is 2.21. The zero-order chi connectivity index (χ0) is 34.1. The van der Waals surface area contributed by atoms with Gasteiger partial charge < -0.3 is 4.89 Å². The van der Waals surface area contributed by atoms with Crippen LogP contribution in [0.4, 0.5) is 0 Å². The molecular weight excluding hydrogens is 575 g/mol. The second kappa shape index (κ2) is 28.0. The number of phosphoric acid groups is 1. The Labute approximate surface area is 284 Å². The van der Waals surface area contributed by atoms with Gasteiger partial charge in [-0.3, -0.25) is 9.05 Å². The van der Waals surface area contributed by atoms with Crippen molar-refractivity contribution in [2.24, 2.45) is 47.3 Å². The maximum atomic E-state index is 12.4. The molecule has 0 aliphatic heterocycles. The van der Waals surface area contributed by atoms with Gasteiger partial charge in [-0.05, 0) is 60.2 Å². The lowest BCUT2D eigenvalue weighted by atomic mass is 9.91. The SMILES string of the molecule is CC(C)CCC[C@@H](C)CCC[C@@H](C)CCC[C@@H](C)CCOP(=O)(O)OCC[C@H](C)CCC[C@H](C)CCC[C@H](C)CCCC(C)C. The summed E-state index contributed by atoms with van der Waals surface area (Å²) in [6.07, 6.45) is 25.3. The molecule has 0 aromatic rings. The molecule has 0 aliphatic carbocycles. The lowest BCUT2D eigenvalue weighted by molar-refractivity contribution is 0.136. The molecule has 0 fully saturated rings. The predicted octanol–water partition coefficient (Wildman–Crippen LogP) is 14.1. The minimum absolute atomic E-state index is 0.295. The maximum absolute atomic E-state index is 12.4. The summed E-state index contributed by atoms with van der Waals surface area (Å²) in [5.41, 5.74) is 0. The molecule has 0 saturated heterocycles. The Hall–Kier alpha value is 0.110. The van der Waals surface area contributed by atoms with Crippen LogP contribution in [0.15, 0.2) is 0 Å². The van der Waals surface area contributed by atoms with Crippen molar-refractivity contribution in [3.63, 3.8) is 0 Å². The van der Waals surface area contributed by atoms with Crippen LogP contribution in [0.2, 0.25) is 0 Å². The zero-order valence-corrected chi connectivity index (χ0v) is 33.2. The quantitative estimate of drug-likeness (QED) is 0.0731. The van der Waals surface area contributed by atoms with E-state index in [0.29, 0.717) is 25.0 Å². The fourth-order valence-corrected chi connectivity index (χ4v) is 7.40. The lowest BCUT2D eigenvalue weighted by Crippen LogP contribution is -2.06. The van der Waals surface area contributed by atoms with Gasteiger partial charge in [0, 0.05) is 0 Å². The van der Waals surface area contributed by atoms with Gasteiger partial charge in [0.05, 0.1) is 13.2 Å². The fourth-order valence-electron chi connectivity index (χ4n) is 6.65. The first kappa shape index (κ1) is 45.1. The highest BCUT2D eigenvalue weighted by molar-refractivity contribution is 7.47. The van der Waals surface area contributed by atoms with Crippen LogP contribution in [0.1, 0.15) is 198 Å². The Kier molecular flexibility index (Phi) is 28.1. The molecule has 272 valence electrons. The minimum Gasteiger partial charge on any atom is -0.302 e. The Morgan fingerprint density at radius 1 is 0.378 bits per heavy atom. The first-order valence-electron chi connectivity index (χ1n) is 19.8. The smallest absolute Gasteiger partial charge is 0.302 e. The Morgan fingerprint density at radius 2 is 0.578 bits per heavy atom. The number of rotatable bonds is 32. The number of hydrogen-bond acceptors (Lipinski definition) is 3. The van der Waals surface area contributed by atoms with Crippen LogP contribution < -0.4 is 0 Å². The molecule has 0 heterocycles. The average molecular weight is 659 g/mol. The van der Waals surface area contributed by atoms with Crippen molar-refractivity contribution in [3.05, 3.63) is 0 Å². The molecule has 1 N–H and O–H groups in total. The third kappa shape index (κ3) is 31.2. The summed E-state index contributed by atoms with van der Waals surface area (Å²) in [7, 11) is -3.95. The van der Waals surface area contributed by atoms with Gasteiger partial charge in [-0.25, -0.2) is 4.57 Å². The summed E-state index contributed by atoms with van der Waals surface area (Å²) in [5.74, 6) is 5.96. The molecule has 0 rings (SSSR count). The summed E-state index contributed by atoms with van der Waals surface area (Å²) in [6, 6.07) is 0. The second-order valence-corrected chi connectivity index (χ2v) is 18.2. The van der Waals surface area contributed by atoms with Crippen molar-refractivity contribution < 1.29 is 18.5 Å². The van der Waals surface area contributed by atoms with Gasteiger partial charge in [-0.15, -0.1) is 0 Å². The molecule has 0 spiro atoms. The van der Waals surface area contributed by atoms with Crippen molar-refractivity contribution in [1.29, 1.82) is 0 Å². The normalized spacial score (nSPS) is 16.6. The molecule has 6 atom stereocenters. The molecule has 45 heavy (non-hydrogen) atoms. The van der Waals surface area contributed by atoms with Gasteiger partial charge in [0.25, 0.3) is 0 Å². The molecule has 5 heteroatoms. The van der Waals surface area contributed by atoms with Gasteiger partial charge in [0.1, 0.15) is 0 Å². The zero-order valence-electron chi connectivity index (χ0n) is 32.3. The van der Waals surface area contributed by atoms with Gasteiger partial charge in [0.15, 0.2) is 0 Å². The maximum Gasteiger partial charge on any atom is 0.472 e. The van der Waals surface area contributed by atoms with Crippen molar-refractivity contribution in [1.82, 2.24) is 0 Å². The molecule has 0 bridgehead atoms. The van der Waals surface area contributed by atoms with E-state index in [1.54, 1.807) is 0 Å². The van der Waals surface area contributed by atoms with Crippen LogP contribution in [0.3, 0.4) is 0 Å². The van der Waals surface area contributed by atoms with E-state index < -0.39 is 7.82 Å². The first-order valence-corrected chi connectivity index (χ1v) is 21.3. The highest BCUT2D eigenvalue weighted by Crippen LogP contribution is 2.44. The topological polar surface area (TPSA) is 55.8 Å². The molecule has 0 radical (unpaired) electrons.